The van der Waals surface area contributed by atoms with Gasteiger partial charge in [0.15, 0.2) is 0 Å². The fourth-order valence-electron chi connectivity index (χ4n) is 2.64. The van der Waals surface area contributed by atoms with E-state index in [0.717, 1.165) is 10.5 Å². The standard InChI is InChI=1S/C19H13FN4O2S/c20-13-2-3-14-17(6-13)27-16-4-1-12(5-15(16)24-19(14)26)18(25)23-9-11-7-21-10-22-8-11/h1-8,10H,9H2,(H,23,25)(H,24,26). The van der Waals surface area contributed by atoms with Crippen LogP contribution in [-0.2, 0) is 6.54 Å². The van der Waals surface area contributed by atoms with Crippen molar-refractivity contribution < 1.29 is 14.0 Å². The van der Waals surface area contributed by atoms with Gasteiger partial charge in [-0.15, -0.1) is 0 Å². The Morgan fingerprint density at radius 2 is 1.93 bits per heavy atom. The second-order valence-corrected chi connectivity index (χ2v) is 6.92. The summed E-state index contributed by atoms with van der Waals surface area (Å²) in [5.74, 6) is -1.03. The summed E-state index contributed by atoms with van der Waals surface area (Å²) in [6, 6.07) is 9.05. The maximum atomic E-state index is 13.5. The number of rotatable bonds is 3. The molecule has 1 aliphatic heterocycles. The Labute approximate surface area is 158 Å². The van der Waals surface area contributed by atoms with E-state index in [1.54, 1.807) is 30.6 Å². The van der Waals surface area contributed by atoms with Crippen molar-refractivity contribution in [3.63, 3.8) is 0 Å². The molecule has 1 aromatic heterocycles. The van der Waals surface area contributed by atoms with E-state index in [9.17, 15) is 14.0 Å². The molecule has 0 saturated heterocycles. The number of amides is 2. The normalized spacial score (nSPS) is 12.4. The van der Waals surface area contributed by atoms with E-state index in [-0.39, 0.29) is 11.8 Å². The zero-order valence-corrected chi connectivity index (χ0v) is 14.7. The summed E-state index contributed by atoms with van der Waals surface area (Å²) in [6.07, 6.45) is 4.66. The molecule has 0 fully saturated rings. The molecule has 1 aliphatic rings. The molecule has 0 atom stereocenters. The van der Waals surface area contributed by atoms with Crippen molar-refractivity contribution in [3.05, 3.63) is 77.6 Å². The van der Waals surface area contributed by atoms with Gasteiger partial charge in [0.2, 0.25) is 0 Å². The number of hydrogen-bond acceptors (Lipinski definition) is 5. The lowest BCUT2D eigenvalue weighted by molar-refractivity contribution is 0.0949. The van der Waals surface area contributed by atoms with Crippen LogP contribution in [0.15, 0.2) is 64.9 Å². The molecular weight excluding hydrogens is 367 g/mol. The lowest BCUT2D eigenvalue weighted by atomic mass is 10.1. The van der Waals surface area contributed by atoms with E-state index >= 15 is 0 Å². The van der Waals surface area contributed by atoms with Crippen LogP contribution in [0.4, 0.5) is 10.1 Å². The van der Waals surface area contributed by atoms with Crippen LogP contribution in [0.2, 0.25) is 0 Å². The summed E-state index contributed by atoms with van der Waals surface area (Å²) < 4.78 is 13.5. The Kier molecular flexibility index (Phi) is 4.55. The number of halogens is 1. The molecular formula is C19H13FN4O2S. The minimum atomic E-state index is -0.404. The number of anilines is 1. The van der Waals surface area contributed by atoms with Crippen molar-refractivity contribution in [2.24, 2.45) is 0 Å². The van der Waals surface area contributed by atoms with Gasteiger partial charge in [0.05, 0.1) is 11.3 Å². The highest BCUT2D eigenvalue weighted by Crippen LogP contribution is 2.39. The first-order chi connectivity index (χ1) is 13.1. The molecule has 4 rings (SSSR count). The van der Waals surface area contributed by atoms with Crippen molar-refractivity contribution in [1.29, 1.82) is 0 Å². The lowest BCUT2D eigenvalue weighted by Gasteiger charge is -2.09. The third kappa shape index (κ3) is 3.65. The summed E-state index contributed by atoms with van der Waals surface area (Å²) >= 11 is 1.28. The van der Waals surface area contributed by atoms with E-state index in [4.69, 9.17) is 0 Å². The summed E-state index contributed by atoms with van der Waals surface area (Å²) in [6.45, 7) is 0.294. The number of carbonyl (C=O) groups excluding carboxylic acids is 2. The molecule has 0 bridgehead atoms. The van der Waals surface area contributed by atoms with E-state index < -0.39 is 5.82 Å². The van der Waals surface area contributed by atoms with Gasteiger partial charge in [-0.05, 0) is 36.4 Å². The zero-order valence-electron chi connectivity index (χ0n) is 13.9. The molecule has 2 aromatic carbocycles. The molecule has 0 aliphatic carbocycles. The van der Waals surface area contributed by atoms with Gasteiger partial charge < -0.3 is 10.6 Å². The Morgan fingerprint density at radius 1 is 1.11 bits per heavy atom. The third-order valence-electron chi connectivity index (χ3n) is 3.97. The first-order valence-electron chi connectivity index (χ1n) is 8.05. The van der Waals surface area contributed by atoms with Crippen molar-refractivity contribution in [3.8, 4) is 0 Å². The van der Waals surface area contributed by atoms with E-state index in [1.807, 2.05) is 0 Å². The minimum absolute atomic E-state index is 0.284. The fourth-order valence-corrected chi connectivity index (χ4v) is 3.67. The van der Waals surface area contributed by atoms with Gasteiger partial charge in [-0.2, -0.15) is 0 Å². The van der Waals surface area contributed by atoms with Crippen LogP contribution in [0, 0.1) is 5.82 Å². The Bertz CT molecular complexity index is 1040. The highest BCUT2D eigenvalue weighted by Gasteiger charge is 2.21. The number of hydrogen-bond donors (Lipinski definition) is 2. The second kappa shape index (κ2) is 7.16. The molecule has 0 unspecified atom stereocenters. The summed E-state index contributed by atoms with van der Waals surface area (Å²) in [5.41, 5.74) is 2.09. The largest absolute Gasteiger partial charge is 0.348 e. The van der Waals surface area contributed by atoms with Gasteiger partial charge in [-0.25, -0.2) is 14.4 Å². The minimum Gasteiger partial charge on any atom is -0.348 e. The fraction of sp³-hybridized carbons (Fsp3) is 0.0526. The third-order valence-corrected chi connectivity index (χ3v) is 5.10. The molecule has 0 saturated carbocycles. The molecule has 27 heavy (non-hydrogen) atoms. The second-order valence-electron chi connectivity index (χ2n) is 5.84. The lowest BCUT2D eigenvalue weighted by Crippen LogP contribution is -2.23. The van der Waals surface area contributed by atoms with Crippen molar-refractivity contribution in [2.45, 2.75) is 16.3 Å². The number of benzene rings is 2. The number of nitrogens with one attached hydrogen (secondary N) is 2. The number of fused-ring (bicyclic) bond motifs is 2. The SMILES string of the molecule is O=C(NCc1cncnc1)c1ccc2c(c1)NC(=O)c1ccc(F)cc1S2. The van der Waals surface area contributed by atoms with Crippen LogP contribution in [0.1, 0.15) is 26.3 Å². The number of aromatic nitrogens is 2. The molecule has 2 heterocycles. The maximum Gasteiger partial charge on any atom is 0.256 e. The average Bonchev–Trinajstić information content (AvgIpc) is 2.81. The van der Waals surface area contributed by atoms with Crippen LogP contribution in [0.3, 0.4) is 0 Å². The van der Waals surface area contributed by atoms with Gasteiger partial charge >= 0.3 is 0 Å². The molecule has 2 amide bonds. The Morgan fingerprint density at radius 3 is 2.74 bits per heavy atom. The first kappa shape index (κ1) is 17.2. The van der Waals surface area contributed by atoms with Gasteiger partial charge in [-0.1, -0.05) is 11.8 Å². The topological polar surface area (TPSA) is 84.0 Å². The number of nitrogens with zero attached hydrogens (tertiary/aromatic N) is 2. The molecule has 134 valence electrons. The average molecular weight is 380 g/mol. The van der Waals surface area contributed by atoms with Gasteiger partial charge in [0.1, 0.15) is 12.1 Å². The zero-order chi connectivity index (χ0) is 18.8. The van der Waals surface area contributed by atoms with Crippen LogP contribution in [0.25, 0.3) is 0 Å². The van der Waals surface area contributed by atoms with E-state index in [2.05, 4.69) is 20.6 Å². The number of carbonyl (C=O) groups is 2. The molecule has 2 N–H and O–H groups in total. The molecule has 6 nitrogen and oxygen atoms in total. The van der Waals surface area contributed by atoms with Crippen LogP contribution >= 0.6 is 11.8 Å². The first-order valence-corrected chi connectivity index (χ1v) is 8.87. The monoisotopic (exact) mass is 380 g/mol. The van der Waals surface area contributed by atoms with E-state index in [0.29, 0.717) is 28.3 Å². The Hall–Kier alpha value is -3.26. The summed E-state index contributed by atoms with van der Waals surface area (Å²) in [5, 5.41) is 5.57. The maximum absolute atomic E-state index is 13.5. The Balaban J connectivity index is 1.56. The van der Waals surface area contributed by atoms with Crippen LogP contribution in [-0.4, -0.2) is 21.8 Å². The van der Waals surface area contributed by atoms with Gasteiger partial charge in [0, 0.05) is 39.9 Å². The highest BCUT2D eigenvalue weighted by atomic mass is 32.2. The molecule has 0 spiro atoms. The quantitative estimate of drug-likeness (QED) is 0.729. The van der Waals surface area contributed by atoms with Crippen molar-refractivity contribution in [2.75, 3.05) is 5.32 Å². The highest BCUT2D eigenvalue weighted by molar-refractivity contribution is 7.99. The summed E-state index contributed by atoms with van der Waals surface area (Å²) in [4.78, 5) is 33.9. The predicted octanol–water partition coefficient (Wildman–Crippen LogP) is 3.26. The smallest absolute Gasteiger partial charge is 0.256 e. The van der Waals surface area contributed by atoms with Crippen LogP contribution in [0.5, 0.6) is 0 Å². The van der Waals surface area contributed by atoms with Crippen molar-refractivity contribution >= 4 is 29.3 Å². The van der Waals surface area contributed by atoms with Gasteiger partial charge in [0.25, 0.3) is 11.8 Å². The molecule has 0 radical (unpaired) electrons. The van der Waals surface area contributed by atoms with E-state index in [1.165, 1.54) is 36.3 Å². The summed E-state index contributed by atoms with van der Waals surface area (Å²) in [7, 11) is 0. The van der Waals surface area contributed by atoms with Crippen molar-refractivity contribution in [1.82, 2.24) is 15.3 Å². The predicted molar refractivity (Wildman–Crippen MR) is 98.1 cm³/mol. The molecule has 8 heteroatoms. The van der Waals surface area contributed by atoms with Gasteiger partial charge in [-0.3, -0.25) is 9.59 Å². The molecule has 3 aromatic rings. The van der Waals surface area contributed by atoms with Crippen LogP contribution < -0.4 is 10.6 Å².